The molecule has 6 heteroatoms. The zero-order valence-corrected chi connectivity index (χ0v) is 11.0. The van der Waals surface area contributed by atoms with Crippen LogP contribution in [-0.2, 0) is 0 Å². The van der Waals surface area contributed by atoms with Gasteiger partial charge >= 0.3 is 5.97 Å². The van der Waals surface area contributed by atoms with Crippen molar-refractivity contribution in [2.75, 3.05) is 5.43 Å². The summed E-state index contributed by atoms with van der Waals surface area (Å²) in [6.45, 7) is 0. The van der Waals surface area contributed by atoms with Crippen LogP contribution < -0.4 is 5.43 Å². The average Bonchev–Trinajstić information content (AvgIpc) is 2.42. The predicted molar refractivity (Wildman–Crippen MR) is 77.7 cm³/mol. The number of carboxylic acids is 1. The van der Waals surface area contributed by atoms with E-state index in [-0.39, 0.29) is 11.3 Å². The number of aromatic hydroxyl groups is 1. The lowest BCUT2D eigenvalue weighted by Gasteiger charge is -2.04. The van der Waals surface area contributed by atoms with Crippen LogP contribution in [0.3, 0.4) is 0 Å². The van der Waals surface area contributed by atoms with Crippen molar-refractivity contribution in [3.05, 3.63) is 58.6 Å². The SMILES string of the molecule is O=C(O)c1cc(NN=Cc2ccccc2Cl)ccc1O. The van der Waals surface area contributed by atoms with E-state index in [1.807, 2.05) is 12.1 Å². The molecule has 0 heterocycles. The number of nitrogens with zero attached hydrogens (tertiary/aromatic N) is 1. The minimum Gasteiger partial charge on any atom is -0.507 e. The number of halogens is 1. The number of hydrazone groups is 1. The van der Waals surface area contributed by atoms with E-state index in [4.69, 9.17) is 16.7 Å². The van der Waals surface area contributed by atoms with Gasteiger partial charge in [-0.2, -0.15) is 5.10 Å². The number of benzene rings is 2. The normalized spacial score (nSPS) is 10.7. The number of hydrogen-bond donors (Lipinski definition) is 3. The van der Waals surface area contributed by atoms with Crippen molar-refractivity contribution < 1.29 is 15.0 Å². The molecule has 0 spiro atoms. The lowest BCUT2D eigenvalue weighted by molar-refractivity contribution is 0.0694. The lowest BCUT2D eigenvalue weighted by Crippen LogP contribution is -1.98. The molecule has 0 fully saturated rings. The molecule has 0 bridgehead atoms. The van der Waals surface area contributed by atoms with Crippen LogP contribution in [0.4, 0.5) is 5.69 Å². The monoisotopic (exact) mass is 290 g/mol. The van der Waals surface area contributed by atoms with Crippen molar-refractivity contribution in [3.63, 3.8) is 0 Å². The van der Waals surface area contributed by atoms with Crippen molar-refractivity contribution in [3.8, 4) is 5.75 Å². The molecule has 2 rings (SSSR count). The molecule has 0 radical (unpaired) electrons. The number of rotatable bonds is 4. The molecule has 0 aromatic heterocycles. The van der Waals surface area contributed by atoms with E-state index in [9.17, 15) is 9.90 Å². The molecule has 3 N–H and O–H groups in total. The Labute approximate surface area is 120 Å². The third-order valence-corrected chi connectivity index (χ3v) is 2.87. The zero-order valence-electron chi connectivity index (χ0n) is 10.2. The van der Waals surface area contributed by atoms with Gasteiger partial charge in [0.2, 0.25) is 0 Å². The second-order valence-electron chi connectivity index (χ2n) is 3.93. The highest BCUT2D eigenvalue weighted by Gasteiger charge is 2.09. The standard InChI is InChI=1S/C14H11ClN2O3/c15-12-4-2-1-3-9(12)8-16-17-10-5-6-13(18)11(7-10)14(19)20/h1-8,17-18H,(H,19,20). The summed E-state index contributed by atoms with van der Waals surface area (Å²) in [6, 6.07) is 11.3. The van der Waals surface area contributed by atoms with Gasteiger partial charge in [0.1, 0.15) is 11.3 Å². The number of carboxylic acid groups (broad SMARTS) is 1. The number of hydrogen-bond acceptors (Lipinski definition) is 4. The van der Waals surface area contributed by atoms with E-state index in [1.54, 1.807) is 12.1 Å². The maximum absolute atomic E-state index is 10.9. The summed E-state index contributed by atoms with van der Waals surface area (Å²) in [5.41, 5.74) is 3.67. The molecule has 0 saturated heterocycles. The Balaban J connectivity index is 2.14. The first-order valence-electron chi connectivity index (χ1n) is 5.68. The van der Waals surface area contributed by atoms with Crippen LogP contribution in [0.1, 0.15) is 15.9 Å². The summed E-state index contributed by atoms with van der Waals surface area (Å²) < 4.78 is 0. The molecule has 2 aromatic carbocycles. The van der Waals surface area contributed by atoms with Crippen LogP contribution in [0.25, 0.3) is 0 Å². The van der Waals surface area contributed by atoms with Crippen LogP contribution >= 0.6 is 11.6 Å². The summed E-state index contributed by atoms with van der Waals surface area (Å²) in [5.74, 6) is -1.50. The molecule has 0 atom stereocenters. The quantitative estimate of drug-likeness (QED) is 0.459. The minimum atomic E-state index is -1.21. The van der Waals surface area contributed by atoms with Crippen LogP contribution in [0, 0.1) is 0 Å². The number of phenols is 1. The van der Waals surface area contributed by atoms with Crippen LogP contribution in [0.15, 0.2) is 47.6 Å². The summed E-state index contributed by atoms with van der Waals surface area (Å²) in [5, 5.41) is 22.8. The van der Waals surface area contributed by atoms with Gasteiger partial charge < -0.3 is 10.2 Å². The third kappa shape index (κ3) is 3.27. The van der Waals surface area contributed by atoms with E-state index in [1.165, 1.54) is 24.4 Å². The molecule has 0 aliphatic heterocycles. The molecule has 0 saturated carbocycles. The summed E-state index contributed by atoms with van der Waals surface area (Å²) >= 11 is 5.96. The van der Waals surface area contributed by atoms with Crippen LogP contribution in [0.5, 0.6) is 5.75 Å². The maximum atomic E-state index is 10.9. The predicted octanol–water partition coefficient (Wildman–Crippen LogP) is 3.19. The molecular formula is C14H11ClN2O3. The average molecular weight is 291 g/mol. The second-order valence-corrected chi connectivity index (χ2v) is 4.34. The van der Waals surface area contributed by atoms with Gasteiger partial charge in [0.25, 0.3) is 0 Å². The summed E-state index contributed by atoms with van der Waals surface area (Å²) in [6.07, 6.45) is 1.52. The van der Waals surface area contributed by atoms with Gasteiger partial charge in [-0.15, -0.1) is 0 Å². The van der Waals surface area contributed by atoms with Crippen molar-refractivity contribution in [1.29, 1.82) is 0 Å². The van der Waals surface area contributed by atoms with Crippen molar-refractivity contribution >= 4 is 29.5 Å². The number of carbonyl (C=O) groups is 1. The number of nitrogens with one attached hydrogen (secondary N) is 1. The van der Waals surface area contributed by atoms with Gasteiger partial charge in [-0.1, -0.05) is 29.8 Å². The highest BCUT2D eigenvalue weighted by Crippen LogP contribution is 2.21. The van der Waals surface area contributed by atoms with E-state index in [0.717, 1.165) is 5.56 Å². The lowest BCUT2D eigenvalue weighted by atomic mass is 10.2. The van der Waals surface area contributed by atoms with E-state index in [2.05, 4.69) is 10.5 Å². The Morgan fingerprint density at radius 3 is 2.70 bits per heavy atom. The highest BCUT2D eigenvalue weighted by molar-refractivity contribution is 6.33. The van der Waals surface area contributed by atoms with Gasteiger partial charge in [0, 0.05) is 10.6 Å². The van der Waals surface area contributed by atoms with Crippen molar-refractivity contribution in [1.82, 2.24) is 0 Å². The molecule has 2 aromatic rings. The van der Waals surface area contributed by atoms with Crippen molar-refractivity contribution in [2.45, 2.75) is 0 Å². The highest BCUT2D eigenvalue weighted by atomic mass is 35.5. The molecule has 102 valence electrons. The smallest absolute Gasteiger partial charge is 0.339 e. The zero-order chi connectivity index (χ0) is 14.5. The number of aromatic carboxylic acids is 1. The molecule has 20 heavy (non-hydrogen) atoms. The Kier molecular flexibility index (Phi) is 4.22. The van der Waals surface area contributed by atoms with Gasteiger partial charge in [0.15, 0.2) is 0 Å². The van der Waals surface area contributed by atoms with Gasteiger partial charge in [0.05, 0.1) is 11.9 Å². The van der Waals surface area contributed by atoms with Crippen molar-refractivity contribution in [2.24, 2.45) is 5.10 Å². The van der Waals surface area contributed by atoms with Gasteiger partial charge in [-0.05, 0) is 24.3 Å². The topological polar surface area (TPSA) is 81.9 Å². The van der Waals surface area contributed by atoms with E-state index >= 15 is 0 Å². The fourth-order valence-electron chi connectivity index (χ4n) is 1.53. The molecule has 0 amide bonds. The maximum Gasteiger partial charge on any atom is 0.339 e. The largest absolute Gasteiger partial charge is 0.507 e. The fraction of sp³-hybridized carbons (Fsp3) is 0. The van der Waals surface area contributed by atoms with E-state index < -0.39 is 5.97 Å². The molecule has 0 unspecified atom stereocenters. The molecule has 5 nitrogen and oxygen atoms in total. The van der Waals surface area contributed by atoms with Gasteiger partial charge in [-0.3, -0.25) is 5.43 Å². The second kappa shape index (κ2) is 6.08. The van der Waals surface area contributed by atoms with Crippen LogP contribution in [-0.4, -0.2) is 22.4 Å². The Bertz CT molecular complexity index is 671. The Hall–Kier alpha value is -2.53. The third-order valence-electron chi connectivity index (χ3n) is 2.53. The minimum absolute atomic E-state index is 0.192. The summed E-state index contributed by atoms with van der Waals surface area (Å²) in [4.78, 5) is 10.9. The van der Waals surface area contributed by atoms with Crippen LogP contribution in [0.2, 0.25) is 5.02 Å². The first-order valence-corrected chi connectivity index (χ1v) is 6.05. The molecular weight excluding hydrogens is 280 g/mol. The Morgan fingerprint density at radius 2 is 2.00 bits per heavy atom. The number of anilines is 1. The van der Waals surface area contributed by atoms with E-state index in [0.29, 0.717) is 10.7 Å². The Morgan fingerprint density at radius 1 is 1.25 bits per heavy atom. The first-order chi connectivity index (χ1) is 9.58. The first kappa shape index (κ1) is 13.9. The molecule has 0 aliphatic rings. The summed E-state index contributed by atoms with van der Waals surface area (Å²) in [7, 11) is 0. The fourth-order valence-corrected chi connectivity index (χ4v) is 1.72. The molecule has 0 aliphatic carbocycles. The van der Waals surface area contributed by atoms with Gasteiger partial charge in [-0.25, -0.2) is 4.79 Å².